The van der Waals surface area contributed by atoms with Crippen LogP contribution in [0.5, 0.6) is 5.75 Å². The van der Waals surface area contributed by atoms with Gasteiger partial charge >= 0.3 is 0 Å². The number of ether oxygens (including phenoxy) is 1. The molecule has 0 aliphatic carbocycles. The molecule has 1 N–H and O–H groups in total. The molecule has 1 amide bonds. The topological polar surface area (TPSA) is 63.2 Å². The van der Waals surface area contributed by atoms with Crippen LogP contribution in [-0.4, -0.2) is 42.1 Å². The Labute approximate surface area is 165 Å². The highest BCUT2D eigenvalue weighted by atomic mass is 16.7. The summed E-state index contributed by atoms with van der Waals surface area (Å²) in [5, 5.41) is 0. The maximum Gasteiger partial charge on any atom is 0.260 e. The van der Waals surface area contributed by atoms with Gasteiger partial charge in [-0.15, -0.1) is 0 Å². The van der Waals surface area contributed by atoms with Gasteiger partial charge in [-0.25, -0.2) is 15.3 Å². The van der Waals surface area contributed by atoms with E-state index in [9.17, 15) is 4.79 Å². The molecule has 0 radical (unpaired) electrons. The molecule has 28 heavy (non-hydrogen) atoms. The summed E-state index contributed by atoms with van der Waals surface area (Å²) in [4.78, 5) is 24.9. The van der Waals surface area contributed by atoms with Crippen molar-refractivity contribution in [3.05, 3.63) is 65.2 Å². The molecule has 2 heterocycles. The number of amidine groups is 1. The number of carbonyl (C=O) groups excluding carboxylic acids is 1. The van der Waals surface area contributed by atoms with E-state index >= 15 is 0 Å². The molecule has 6 heteroatoms. The molecule has 146 valence electrons. The number of benzene rings is 2. The van der Waals surface area contributed by atoms with Crippen molar-refractivity contribution in [2.45, 2.75) is 32.4 Å². The minimum absolute atomic E-state index is 0.0101. The Morgan fingerprint density at radius 2 is 1.68 bits per heavy atom. The van der Waals surface area contributed by atoms with Gasteiger partial charge in [0.1, 0.15) is 5.75 Å². The number of hydrogen-bond donors (Lipinski definition) is 1. The highest BCUT2D eigenvalue weighted by molar-refractivity contribution is 5.99. The second-order valence-electron chi connectivity index (χ2n) is 7.46. The number of aryl methyl sites for hydroxylation is 2. The second kappa shape index (κ2) is 7.64. The number of carbonyl (C=O) groups is 1. The lowest BCUT2D eigenvalue weighted by molar-refractivity contribution is -0.141. The lowest BCUT2D eigenvalue weighted by atomic mass is 10.0. The van der Waals surface area contributed by atoms with E-state index < -0.39 is 5.72 Å². The number of nitrogens with zero attached hydrogens (tertiary/aromatic N) is 2. The molecule has 0 saturated carbocycles. The molecule has 1 spiro atoms. The third-order valence-corrected chi connectivity index (χ3v) is 5.26. The maximum absolute atomic E-state index is 12.5. The first-order chi connectivity index (χ1) is 13.5. The first kappa shape index (κ1) is 18.5. The summed E-state index contributed by atoms with van der Waals surface area (Å²) in [5.41, 5.74) is 5.76. The van der Waals surface area contributed by atoms with E-state index in [2.05, 4.69) is 24.5 Å². The molecule has 4 rings (SSSR count). The predicted octanol–water partition coefficient (Wildman–Crippen LogP) is 2.98. The average molecular weight is 379 g/mol. The number of piperidine rings is 1. The zero-order valence-electron chi connectivity index (χ0n) is 16.3. The van der Waals surface area contributed by atoms with Crippen LogP contribution in [0.2, 0.25) is 0 Å². The van der Waals surface area contributed by atoms with Crippen LogP contribution in [0.4, 0.5) is 0 Å². The van der Waals surface area contributed by atoms with Gasteiger partial charge in [-0.2, -0.15) is 0 Å². The Kier molecular flexibility index (Phi) is 5.05. The van der Waals surface area contributed by atoms with Gasteiger partial charge in [-0.1, -0.05) is 47.5 Å². The summed E-state index contributed by atoms with van der Waals surface area (Å²) in [6.07, 6.45) is 1.32. The molecule has 0 bridgehead atoms. The van der Waals surface area contributed by atoms with Gasteiger partial charge < -0.3 is 9.64 Å². The van der Waals surface area contributed by atoms with Crippen LogP contribution in [0.15, 0.2) is 53.5 Å². The fourth-order valence-electron chi connectivity index (χ4n) is 3.42. The van der Waals surface area contributed by atoms with Crippen molar-refractivity contribution in [2.75, 3.05) is 19.7 Å². The van der Waals surface area contributed by atoms with E-state index in [1.165, 1.54) is 5.56 Å². The number of hydrogen-bond acceptors (Lipinski definition) is 5. The van der Waals surface area contributed by atoms with Gasteiger partial charge in [0.25, 0.3) is 5.91 Å². The van der Waals surface area contributed by atoms with Crippen LogP contribution in [0.25, 0.3) is 0 Å². The molecular formula is C22H25N3O3. The molecule has 6 nitrogen and oxygen atoms in total. The summed E-state index contributed by atoms with van der Waals surface area (Å²) < 4.78 is 5.62. The van der Waals surface area contributed by atoms with E-state index in [0.717, 1.165) is 17.0 Å². The molecule has 0 aromatic heterocycles. The standard InChI is InChI=1S/C22H25N3O3/c1-16-3-7-18(8-4-16)21-23-22(28-24-21)11-13-25(14-12-22)20(26)15-27-19-9-5-17(2)6-10-19/h3-10H,11-15H2,1-2H3,(H,23,24). The normalized spacial score (nSPS) is 17.9. The first-order valence-corrected chi connectivity index (χ1v) is 9.61. The van der Waals surface area contributed by atoms with Crippen molar-refractivity contribution in [3.8, 4) is 5.75 Å². The molecule has 2 aliphatic rings. The molecule has 2 aromatic carbocycles. The van der Waals surface area contributed by atoms with Gasteiger partial charge in [0.2, 0.25) is 0 Å². The van der Waals surface area contributed by atoms with Crippen molar-refractivity contribution in [1.82, 2.24) is 10.4 Å². The van der Waals surface area contributed by atoms with Crippen molar-refractivity contribution in [3.63, 3.8) is 0 Å². The van der Waals surface area contributed by atoms with Crippen LogP contribution < -0.4 is 10.2 Å². The van der Waals surface area contributed by atoms with Gasteiger partial charge in [0, 0.05) is 31.5 Å². The SMILES string of the molecule is Cc1ccc(OCC(=O)N2CCC3(CC2)N=C(c2ccc(C)cc2)NO3)cc1. The Morgan fingerprint density at radius 3 is 2.32 bits per heavy atom. The fourth-order valence-corrected chi connectivity index (χ4v) is 3.42. The summed E-state index contributed by atoms with van der Waals surface area (Å²) in [6, 6.07) is 15.9. The summed E-state index contributed by atoms with van der Waals surface area (Å²) in [7, 11) is 0. The van der Waals surface area contributed by atoms with Crippen molar-refractivity contribution in [1.29, 1.82) is 0 Å². The monoisotopic (exact) mass is 379 g/mol. The number of hydroxylamine groups is 1. The lowest BCUT2D eigenvalue weighted by Crippen LogP contribution is -2.47. The number of aliphatic imine (C=N–C) groups is 1. The summed E-state index contributed by atoms with van der Waals surface area (Å²) in [5.74, 6) is 1.45. The smallest absolute Gasteiger partial charge is 0.260 e. The van der Waals surface area contributed by atoms with Crippen LogP contribution >= 0.6 is 0 Å². The van der Waals surface area contributed by atoms with Crippen LogP contribution in [-0.2, 0) is 9.63 Å². The Bertz CT molecular complexity index is 867. The van der Waals surface area contributed by atoms with Crippen molar-refractivity contribution < 1.29 is 14.4 Å². The Hall–Kier alpha value is -2.86. The molecule has 2 aromatic rings. The van der Waals surface area contributed by atoms with E-state index in [1.807, 2.05) is 48.2 Å². The number of rotatable bonds is 4. The molecule has 1 saturated heterocycles. The van der Waals surface area contributed by atoms with Gasteiger partial charge in [0.15, 0.2) is 18.2 Å². The van der Waals surface area contributed by atoms with E-state index in [4.69, 9.17) is 14.6 Å². The molecular weight excluding hydrogens is 354 g/mol. The zero-order valence-corrected chi connectivity index (χ0v) is 16.3. The molecule has 0 unspecified atom stereocenters. The largest absolute Gasteiger partial charge is 0.484 e. The second-order valence-corrected chi connectivity index (χ2v) is 7.46. The van der Waals surface area contributed by atoms with Crippen LogP contribution in [0, 0.1) is 13.8 Å². The maximum atomic E-state index is 12.5. The van der Waals surface area contributed by atoms with E-state index in [0.29, 0.717) is 31.7 Å². The fraction of sp³-hybridized carbons (Fsp3) is 0.364. The molecule has 1 fully saturated rings. The highest BCUT2D eigenvalue weighted by Gasteiger charge is 2.41. The Morgan fingerprint density at radius 1 is 1.07 bits per heavy atom. The minimum Gasteiger partial charge on any atom is -0.484 e. The summed E-state index contributed by atoms with van der Waals surface area (Å²) >= 11 is 0. The quantitative estimate of drug-likeness (QED) is 0.887. The highest BCUT2D eigenvalue weighted by Crippen LogP contribution is 2.31. The molecule has 0 atom stereocenters. The number of nitrogens with one attached hydrogen (secondary N) is 1. The average Bonchev–Trinajstić information content (AvgIpc) is 3.12. The summed E-state index contributed by atoms with van der Waals surface area (Å²) in [6.45, 7) is 5.32. The predicted molar refractivity (Wildman–Crippen MR) is 107 cm³/mol. The van der Waals surface area contributed by atoms with Crippen molar-refractivity contribution in [2.24, 2.45) is 4.99 Å². The van der Waals surface area contributed by atoms with E-state index in [-0.39, 0.29) is 12.5 Å². The number of likely N-dealkylation sites (tertiary alicyclic amines) is 1. The zero-order chi connectivity index (χ0) is 19.6. The van der Waals surface area contributed by atoms with Gasteiger partial charge in [0.05, 0.1) is 0 Å². The third kappa shape index (κ3) is 4.02. The van der Waals surface area contributed by atoms with Crippen LogP contribution in [0.1, 0.15) is 29.5 Å². The Balaban J connectivity index is 1.32. The van der Waals surface area contributed by atoms with Gasteiger partial charge in [-0.05, 0) is 26.0 Å². The van der Waals surface area contributed by atoms with Crippen LogP contribution in [0.3, 0.4) is 0 Å². The first-order valence-electron chi connectivity index (χ1n) is 9.61. The van der Waals surface area contributed by atoms with Crippen molar-refractivity contribution >= 4 is 11.7 Å². The molecule has 2 aliphatic heterocycles. The van der Waals surface area contributed by atoms with E-state index in [1.54, 1.807) is 0 Å². The lowest BCUT2D eigenvalue weighted by Gasteiger charge is -2.35. The number of amides is 1. The van der Waals surface area contributed by atoms with Gasteiger partial charge in [-0.3, -0.25) is 4.79 Å². The minimum atomic E-state index is -0.588. The third-order valence-electron chi connectivity index (χ3n) is 5.26.